The lowest BCUT2D eigenvalue weighted by Crippen LogP contribution is -2.45. The van der Waals surface area contributed by atoms with E-state index in [1.54, 1.807) is 48.3 Å². The van der Waals surface area contributed by atoms with Crippen molar-refractivity contribution in [3.8, 4) is 22.9 Å². The molecule has 3 amide bonds. The summed E-state index contributed by atoms with van der Waals surface area (Å²) < 4.78 is 14.8. The van der Waals surface area contributed by atoms with Crippen LogP contribution in [0.5, 0.6) is 11.5 Å². The number of nitrogens with one attached hydrogen (secondary N) is 2. The van der Waals surface area contributed by atoms with Crippen molar-refractivity contribution in [2.75, 3.05) is 33.4 Å². The molecule has 252 valence electrons. The Bertz CT molecular complexity index is 1820. The van der Waals surface area contributed by atoms with Crippen LogP contribution in [0.15, 0.2) is 48.5 Å². The van der Waals surface area contributed by atoms with Gasteiger partial charge in [0.05, 0.1) is 37.5 Å². The maximum absolute atomic E-state index is 13.5. The fraction of sp³-hybridized carbons (Fsp3) is 0.382. The van der Waals surface area contributed by atoms with Crippen molar-refractivity contribution in [2.24, 2.45) is 0 Å². The van der Waals surface area contributed by atoms with Crippen LogP contribution in [0.1, 0.15) is 64.2 Å². The maximum Gasteiger partial charge on any atom is 0.251 e. The van der Waals surface area contributed by atoms with Crippen LogP contribution in [0.3, 0.4) is 0 Å². The molecule has 4 aromatic rings. The molecule has 0 unspecified atom stereocenters. The number of methoxy groups -OCH3 is 1. The molecule has 1 aliphatic rings. The highest BCUT2D eigenvalue weighted by atomic mass is 16.5. The Kier molecular flexibility index (Phi) is 10.5. The molecule has 1 atom stereocenters. The molecule has 14 heteroatoms. The fourth-order valence-corrected chi connectivity index (χ4v) is 5.73. The third kappa shape index (κ3) is 7.70. The maximum atomic E-state index is 13.5. The Morgan fingerprint density at radius 2 is 1.81 bits per heavy atom. The zero-order chi connectivity index (χ0) is 34.4. The van der Waals surface area contributed by atoms with Crippen LogP contribution < -0.4 is 20.1 Å². The summed E-state index contributed by atoms with van der Waals surface area (Å²) in [7, 11) is 1.52. The number of amides is 3. The highest BCUT2D eigenvalue weighted by molar-refractivity contribution is 5.96. The molecule has 0 radical (unpaired) electrons. The van der Waals surface area contributed by atoms with Crippen molar-refractivity contribution >= 4 is 23.5 Å². The molecular formula is C34H40N8O6. The van der Waals surface area contributed by atoms with Crippen LogP contribution in [-0.2, 0) is 22.7 Å². The molecule has 0 saturated heterocycles. The smallest absolute Gasteiger partial charge is 0.251 e. The molecule has 0 saturated carbocycles. The molecule has 0 aliphatic carbocycles. The Labute approximate surface area is 278 Å². The van der Waals surface area contributed by atoms with Crippen LogP contribution in [0.2, 0.25) is 0 Å². The van der Waals surface area contributed by atoms with Gasteiger partial charge in [-0.25, -0.2) is 9.67 Å². The Morgan fingerprint density at radius 3 is 2.52 bits per heavy atom. The van der Waals surface area contributed by atoms with Gasteiger partial charge >= 0.3 is 0 Å². The van der Waals surface area contributed by atoms with Crippen molar-refractivity contribution in [3.05, 3.63) is 76.9 Å². The summed E-state index contributed by atoms with van der Waals surface area (Å²) in [6.45, 7) is 7.45. The molecule has 2 N–H and O–H groups in total. The first-order valence-corrected chi connectivity index (χ1v) is 15.8. The van der Waals surface area contributed by atoms with Gasteiger partial charge in [0.1, 0.15) is 12.4 Å². The third-order valence-electron chi connectivity index (χ3n) is 8.11. The summed E-state index contributed by atoms with van der Waals surface area (Å²) >= 11 is 0. The Balaban J connectivity index is 1.41. The van der Waals surface area contributed by atoms with Gasteiger partial charge in [-0.2, -0.15) is 10.2 Å². The van der Waals surface area contributed by atoms with Crippen molar-refractivity contribution < 1.29 is 28.7 Å². The van der Waals surface area contributed by atoms with Crippen LogP contribution in [0.25, 0.3) is 11.4 Å². The molecule has 2 aromatic carbocycles. The van der Waals surface area contributed by atoms with E-state index in [0.29, 0.717) is 45.7 Å². The highest BCUT2D eigenvalue weighted by Crippen LogP contribution is 2.28. The lowest BCUT2D eigenvalue weighted by atomic mass is 10.1. The van der Waals surface area contributed by atoms with Gasteiger partial charge in [0, 0.05) is 42.9 Å². The number of ether oxygens (including phenoxy) is 2. The minimum absolute atomic E-state index is 0.0318. The van der Waals surface area contributed by atoms with Crippen LogP contribution in [-0.4, -0.2) is 86.3 Å². The summed E-state index contributed by atoms with van der Waals surface area (Å²) in [5.41, 5.74) is 2.97. The summed E-state index contributed by atoms with van der Waals surface area (Å²) in [6.07, 6.45) is 0.0318. The van der Waals surface area contributed by atoms with Gasteiger partial charge < -0.3 is 25.0 Å². The number of carbonyl (C=O) groups is 4. The summed E-state index contributed by atoms with van der Waals surface area (Å²) in [5, 5.41) is 14.9. The molecule has 1 aliphatic heterocycles. The highest BCUT2D eigenvalue weighted by Gasteiger charge is 2.24. The second-order valence-corrected chi connectivity index (χ2v) is 11.5. The first kappa shape index (κ1) is 33.8. The van der Waals surface area contributed by atoms with E-state index in [-0.39, 0.29) is 63.3 Å². The van der Waals surface area contributed by atoms with Gasteiger partial charge in [-0.1, -0.05) is 30.3 Å². The predicted octanol–water partition coefficient (Wildman–Crippen LogP) is 2.89. The standard InChI is InChI=1S/C34H40N8O6/c1-21-31(24(4)43)23(3)41(38-21)15-13-30(45)40-16-14-35-34(46)26-11-12-27(47-5)28(19-26)48-18-17-42-33(22(2)36-29(44)20-40)37-32(39-42)25-9-7-6-8-10-25/h6-12,19,22H,13-18,20H2,1-5H3,(H,35,46)(H,36,44)/t22-/m1/s1. The second kappa shape index (κ2) is 14.9. The average molecular weight is 657 g/mol. The van der Waals surface area contributed by atoms with Crippen LogP contribution in [0.4, 0.5) is 0 Å². The van der Waals surface area contributed by atoms with Crippen molar-refractivity contribution in [2.45, 2.75) is 53.2 Å². The SMILES string of the molecule is COc1ccc2cc1OCCn1nc(-c3ccccc3)nc1[C@@H](C)NC(=O)CN(C(=O)CCn1nc(C)c(C(C)=O)c1C)CCNC2=O. The quantitative estimate of drug-likeness (QED) is 0.297. The number of Topliss-reactive ketones (excluding diaryl/α,β-unsaturated/α-hetero) is 1. The van der Waals surface area contributed by atoms with E-state index >= 15 is 0 Å². The van der Waals surface area contributed by atoms with E-state index in [2.05, 4.69) is 15.7 Å². The topological polar surface area (TPSA) is 163 Å². The summed E-state index contributed by atoms with van der Waals surface area (Å²) in [4.78, 5) is 58.3. The molecule has 2 aromatic heterocycles. The average Bonchev–Trinajstić information content (AvgIpc) is 3.62. The Hall–Kier alpha value is -5.53. The zero-order valence-corrected chi connectivity index (χ0v) is 27.8. The first-order chi connectivity index (χ1) is 23.0. The van der Waals surface area contributed by atoms with E-state index in [0.717, 1.165) is 5.56 Å². The van der Waals surface area contributed by atoms with Gasteiger partial charge in [0.25, 0.3) is 5.91 Å². The molecule has 2 bridgehead atoms. The number of fused-ring (bicyclic) bond motifs is 3. The number of nitrogens with zero attached hydrogens (tertiary/aromatic N) is 6. The van der Waals surface area contributed by atoms with Crippen molar-refractivity contribution in [1.29, 1.82) is 0 Å². The number of ketones is 1. The number of carbonyl (C=O) groups excluding carboxylic acids is 4. The third-order valence-corrected chi connectivity index (χ3v) is 8.11. The summed E-state index contributed by atoms with van der Waals surface area (Å²) in [6, 6.07) is 13.8. The van der Waals surface area contributed by atoms with E-state index < -0.39 is 11.9 Å². The molecule has 48 heavy (non-hydrogen) atoms. The van der Waals surface area contributed by atoms with E-state index in [1.165, 1.54) is 18.9 Å². The van der Waals surface area contributed by atoms with Crippen molar-refractivity contribution in [1.82, 2.24) is 40.1 Å². The first-order valence-electron chi connectivity index (χ1n) is 15.8. The molecule has 0 spiro atoms. The molecule has 0 fully saturated rings. The van der Waals surface area contributed by atoms with Gasteiger partial charge in [-0.05, 0) is 45.9 Å². The predicted molar refractivity (Wildman–Crippen MR) is 176 cm³/mol. The molecule has 3 heterocycles. The van der Waals surface area contributed by atoms with Crippen LogP contribution in [0, 0.1) is 13.8 Å². The second-order valence-electron chi connectivity index (χ2n) is 11.5. The lowest BCUT2D eigenvalue weighted by Gasteiger charge is -2.24. The zero-order valence-electron chi connectivity index (χ0n) is 27.8. The van der Waals surface area contributed by atoms with Gasteiger partial charge in [-0.3, -0.25) is 23.9 Å². The Morgan fingerprint density at radius 1 is 1.04 bits per heavy atom. The number of benzene rings is 2. The normalized spacial score (nSPS) is 15.9. The van der Waals surface area contributed by atoms with E-state index in [9.17, 15) is 19.2 Å². The largest absolute Gasteiger partial charge is 0.493 e. The number of rotatable bonds is 6. The fourth-order valence-electron chi connectivity index (χ4n) is 5.73. The molecule has 5 rings (SSSR count). The number of hydrogen-bond acceptors (Lipinski definition) is 9. The monoisotopic (exact) mass is 656 g/mol. The van der Waals surface area contributed by atoms with Gasteiger partial charge in [0.2, 0.25) is 11.8 Å². The summed E-state index contributed by atoms with van der Waals surface area (Å²) in [5.74, 6) is 0.670. The number of aryl methyl sites for hydroxylation is 2. The van der Waals surface area contributed by atoms with Gasteiger partial charge in [-0.15, -0.1) is 0 Å². The molecule has 14 nitrogen and oxygen atoms in total. The number of aromatic nitrogens is 5. The van der Waals surface area contributed by atoms with Crippen molar-refractivity contribution in [3.63, 3.8) is 0 Å². The minimum Gasteiger partial charge on any atom is -0.493 e. The molecular weight excluding hydrogens is 616 g/mol. The lowest BCUT2D eigenvalue weighted by molar-refractivity contribution is -0.136. The van der Waals surface area contributed by atoms with E-state index in [4.69, 9.17) is 19.6 Å². The van der Waals surface area contributed by atoms with Gasteiger partial charge in [0.15, 0.2) is 23.1 Å². The number of hydrogen-bond donors (Lipinski definition) is 2. The minimum atomic E-state index is -0.563. The van der Waals surface area contributed by atoms with Crippen LogP contribution >= 0.6 is 0 Å². The van der Waals surface area contributed by atoms with E-state index in [1.807, 2.05) is 30.3 Å².